The van der Waals surface area contributed by atoms with E-state index in [1.165, 1.54) is 6.07 Å². The van der Waals surface area contributed by atoms with Gasteiger partial charge in [-0.05, 0) is 42.0 Å². The number of amides is 1. The summed E-state index contributed by atoms with van der Waals surface area (Å²) in [5.41, 5.74) is 7.83. The van der Waals surface area contributed by atoms with Crippen molar-refractivity contribution in [2.45, 2.75) is 12.7 Å². The minimum atomic E-state index is -4.43. The summed E-state index contributed by atoms with van der Waals surface area (Å²) in [6, 6.07) is 21.1. The average molecular weight is 488 g/mol. The molecule has 0 saturated carbocycles. The fourth-order valence-corrected chi connectivity index (χ4v) is 3.76. The topological polar surface area (TPSA) is 98.7 Å². The van der Waals surface area contributed by atoms with Crippen LogP contribution in [0.4, 0.5) is 19.0 Å². The molecule has 0 aliphatic heterocycles. The van der Waals surface area contributed by atoms with Crippen molar-refractivity contribution in [3.8, 4) is 17.1 Å². The summed E-state index contributed by atoms with van der Waals surface area (Å²) < 4.78 is 41.2. The first-order valence-corrected chi connectivity index (χ1v) is 10.9. The maximum Gasteiger partial charge on any atom is 0.416 e. The first-order valence-electron chi connectivity index (χ1n) is 10.9. The minimum Gasteiger partial charge on any atom is -0.366 e. The van der Waals surface area contributed by atoms with Gasteiger partial charge in [0, 0.05) is 23.4 Å². The number of anilines is 1. The van der Waals surface area contributed by atoms with Gasteiger partial charge >= 0.3 is 6.18 Å². The van der Waals surface area contributed by atoms with Gasteiger partial charge in [-0.2, -0.15) is 13.2 Å². The number of benzene rings is 3. The highest BCUT2D eigenvalue weighted by atomic mass is 19.4. The fraction of sp³-hybridized carbons (Fsp3) is 0.0769. The van der Waals surface area contributed by atoms with Crippen molar-refractivity contribution >= 4 is 22.9 Å². The number of para-hydroxylation sites is 1. The van der Waals surface area contributed by atoms with Crippen LogP contribution in [0.2, 0.25) is 0 Å². The number of nitrogens with two attached hydrogens (primary N) is 1. The van der Waals surface area contributed by atoms with E-state index in [2.05, 4.69) is 15.3 Å². The minimum absolute atomic E-state index is 0.0916. The zero-order valence-electron chi connectivity index (χ0n) is 18.7. The van der Waals surface area contributed by atoms with Crippen LogP contribution in [-0.2, 0) is 12.7 Å². The fourth-order valence-electron chi connectivity index (χ4n) is 3.76. The molecule has 0 aliphatic carbocycles. The van der Waals surface area contributed by atoms with E-state index in [1.54, 1.807) is 41.2 Å². The molecule has 1 amide bonds. The Labute approximate surface area is 203 Å². The number of rotatable bonds is 6. The van der Waals surface area contributed by atoms with Crippen LogP contribution in [0.15, 0.2) is 85.2 Å². The van der Waals surface area contributed by atoms with Crippen molar-refractivity contribution in [2.24, 2.45) is 5.73 Å². The van der Waals surface area contributed by atoms with Crippen molar-refractivity contribution < 1.29 is 18.0 Å². The monoisotopic (exact) mass is 488 g/mol. The molecule has 0 fully saturated rings. The van der Waals surface area contributed by atoms with Gasteiger partial charge in [0.25, 0.3) is 0 Å². The molecule has 0 atom stereocenters. The zero-order valence-corrected chi connectivity index (χ0v) is 18.7. The van der Waals surface area contributed by atoms with Crippen LogP contribution in [0.3, 0.4) is 0 Å². The van der Waals surface area contributed by atoms with Gasteiger partial charge in [0.1, 0.15) is 6.33 Å². The lowest BCUT2D eigenvalue weighted by atomic mass is 10.1. The lowest BCUT2D eigenvalue weighted by Crippen LogP contribution is -2.10. The van der Waals surface area contributed by atoms with E-state index < -0.39 is 17.6 Å². The molecule has 2 heterocycles. The Balaban J connectivity index is 1.57. The number of aromatic nitrogens is 4. The highest BCUT2D eigenvalue weighted by molar-refractivity contribution is 5.93. The van der Waals surface area contributed by atoms with E-state index >= 15 is 0 Å². The zero-order chi connectivity index (χ0) is 25.3. The molecule has 10 heteroatoms. The second kappa shape index (κ2) is 9.14. The molecule has 3 aromatic carbocycles. The molecule has 3 N–H and O–H groups in total. The number of hydrogen-bond donors (Lipinski definition) is 2. The molecule has 7 nitrogen and oxygen atoms in total. The van der Waals surface area contributed by atoms with E-state index in [9.17, 15) is 18.0 Å². The first kappa shape index (κ1) is 23.0. The number of nitrogens with zero attached hydrogens (tertiary/aromatic N) is 4. The highest BCUT2D eigenvalue weighted by Gasteiger charge is 2.30. The molecule has 36 heavy (non-hydrogen) atoms. The van der Waals surface area contributed by atoms with Crippen LogP contribution < -0.4 is 11.1 Å². The summed E-state index contributed by atoms with van der Waals surface area (Å²) in [5, 5.41) is 3.12. The number of alkyl halides is 3. The lowest BCUT2D eigenvalue weighted by molar-refractivity contribution is -0.137. The second-order valence-electron chi connectivity index (χ2n) is 8.01. The molecule has 0 spiro atoms. The SMILES string of the molecule is NC(=O)c1ccc(-c2nc(NCc3cccc(C(F)(F)F)c3)c3ncn(-c4ccccc4)c3n2)cc1. The molecule has 0 aliphatic rings. The van der Waals surface area contributed by atoms with Gasteiger partial charge in [0.15, 0.2) is 22.8 Å². The molecule has 180 valence electrons. The number of hydrogen-bond acceptors (Lipinski definition) is 5. The number of imidazole rings is 1. The Bertz CT molecular complexity index is 1550. The smallest absolute Gasteiger partial charge is 0.366 e. The van der Waals surface area contributed by atoms with Crippen molar-refractivity contribution in [3.05, 3.63) is 102 Å². The van der Waals surface area contributed by atoms with E-state index in [0.29, 0.717) is 39.5 Å². The van der Waals surface area contributed by atoms with Crippen molar-refractivity contribution in [3.63, 3.8) is 0 Å². The van der Waals surface area contributed by atoms with Crippen molar-refractivity contribution in [1.82, 2.24) is 19.5 Å². The number of primary amides is 1. The van der Waals surface area contributed by atoms with E-state index in [4.69, 9.17) is 10.7 Å². The average Bonchev–Trinajstić information content (AvgIpc) is 3.32. The van der Waals surface area contributed by atoms with E-state index in [-0.39, 0.29) is 6.54 Å². The van der Waals surface area contributed by atoms with Crippen LogP contribution in [0.25, 0.3) is 28.2 Å². The van der Waals surface area contributed by atoms with Gasteiger partial charge in [-0.1, -0.05) is 42.5 Å². The van der Waals surface area contributed by atoms with E-state index in [1.807, 2.05) is 30.3 Å². The maximum absolute atomic E-state index is 13.1. The Morgan fingerprint density at radius 3 is 2.39 bits per heavy atom. The molecule has 5 rings (SSSR count). The Morgan fingerprint density at radius 2 is 1.69 bits per heavy atom. The maximum atomic E-state index is 13.1. The van der Waals surface area contributed by atoms with Crippen molar-refractivity contribution in [2.75, 3.05) is 5.32 Å². The lowest BCUT2D eigenvalue weighted by Gasteiger charge is -2.12. The molecule has 2 aromatic heterocycles. The Hall–Kier alpha value is -4.73. The Kier molecular flexibility index (Phi) is 5.85. The first-order chi connectivity index (χ1) is 17.3. The van der Waals surface area contributed by atoms with Crippen LogP contribution in [0.1, 0.15) is 21.5 Å². The third-order valence-electron chi connectivity index (χ3n) is 5.57. The second-order valence-corrected chi connectivity index (χ2v) is 8.01. The number of carbonyl (C=O) groups is 1. The standard InChI is InChI=1S/C26H19F3N6O/c27-26(28,29)19-6-4-5-16(13-19)14-31-24-21-25(35(15-32-21)20-7-2-1-3-8-20)34-23(33-24)18-11-9-17(10-12-18)22(30)36/h1-13,15H,14H2,(H2,30,36)(H,31,33,34). The largest absolute Gasteiger partial charge is 0.416 e. The molecule has 0 saturated heterocycles. The number of fused-ring (bicyclic) bond motifs is 1. The van der Waals surface area contributed by atoms with Gasteiger partial charge in [-0.3, -0.25) is 9.36 Å². The van der Waals surface area contributed by atoms with Crippen LogP contribution >= 0.6 is 0 Å². The summed E-state index contributed by atoms with van der Waals surface area (Å²) >= 11 is 0. The number of halogens is 3. The van der Waals surface area contributed by atoms with Crippen LogP contribution in [0, 0.1) is 0 Å². The Morgan fingerprint density at radius 1 is 0.944 bits per heavy atom. The predicted molar refractivity (Wildman–Crippen MR) is 129 cm³/mol. The van der Waals surface area contributed by atoms with Crippen LogP contribution in [0.5, 0.6) is 0 Å². The molecular formula is C26H19F3N6O. The third kappa shape index (κ3) is 4.61. The van der Waals surface area contributed by atoms with Crippen LogP contribution in [-0.4, -0.2) is 25.4 Å². The number of carbonyl (C=O) groups excluding carboxylic acids is 1. The van der Waals surface area contributed by atoms with E-state index in [0.717, 1.165) is 17.8 Å². The highest BCUT2D eigenvalue weighted by Crippen LogP contribution is 2.30. The van der Waals surface area contributed by atoms with Gasteiger partial charge in [-0.25, -0.2) is 15.0 Å². The van der Waals surface area contributed by atoms with Crippen molar-refractivity contribution in [1.29, 1.82) is 0 Å². The summed E-state index contributed by atoms with van der Waals surface area (Å²) in [5.74, 6) is 0.160. The van der Waals surface area contributed by atoms with Gasteiger partial charge in [-0.15, -0.1) is 0 Å². The predicted octanol–water partition coefficient (Wildman–Crippen LogP) is 5.21. The quantitative estimate of drug-likeness (QED) is 0.342. The molecule has 0 radical (unpaired) electrons. The van der Waals surface area contributed by atoms with Gasteiger partial charge < -0.3 is 11.1 Å². The van der Waals surface area contributed by atoms with Gasteiger partial charge in [0.2, 0.25) is 5.91 Å². The van der Waals surface area contributed by atoms with Gasteiger partial charge in [0.05, 0.1) is 5.56 Å². The normalized spacial score (nSPS) is 11.5. The summed E-state index contributed by atoms with van der Waals surface area (Å²) in [4.78, 5) is 25.2. The summed E-state index contributed by atoms with van der Waals surface area (Å²) in [6.45, 7) is 0.0916. The molecule has 5 aromatic rings. The molecular weight excluding hydrogens is 469 g/mol. The summed E-state index contributed by atoms with van der Waals surface area (Å²) in [6.07, 6.45) is -2.82. The molecule has 0 unspecified atom stereocenters. The molecule has 0 bridgehead atoms. The third-order valence-corrected chi connectivity index (χ3v) is 5.57. The number of nitrogens with one attached hydrogen (secondary N) is 1. The summed E-state index contributed by atoms with van der Waals surface area (Å²) in [7, 11) is 0.